The first-order valence-electron chi connectivity index (χ1n) is 13.0. The van der Waals surface area contributed by atoms with Gasteiger partial charge in [0.25, 0.3) is 5.91 Å². The Morgan fingerprint density at radius 2 is 1.94 bits per heavy atom. The van der Waals surface area contributed by atoms with E-state index < -0.39 is 0 Å². The van der Waals surface area contributed by atoms with Crippen molar-refractivity contribution in [2.24, 2.45) is 11.8 Å². The molecule has 0 bridgehead atoms. The van der Waals surface area contributed by atoms with E-state index in [1.807, 2.05) is 0 Å². The highest BCUT2D eigenvalue weighted by atomic mass is 16.5. The highest BCUT2D eigenvalue weighted by Crippen LogP contribution is 2.37. The molecular formula is C27H33N7O2. The summed E-state index contributed by atoms with van der Waals surface area (Å²) in [5.74, 6) is 1.33. The van der Waals surface area contributed by atoms with Crippen LogP contribution in [0.3, 0.4) is 0 Å². The molecule has 0 spiro atoms. The van der Waals surface area contributed by atoms with E-state index in [1.165, 1.54) is 25.7 Å². The first-order chi connectivity index (χ1) is 17.6. The molecule has 1 amide bonds. The van der Waals surface area contributed by atoms with Gasteiger partial charge in [0.05, 0.1) is 42.3 Å². The number of carbonyl (C=O) groups is 1. The molecule has 9 heteroatoms. The minimum absolute atomic E-state index is 0.225. The highest BCUT2D eigenvalue weighted by molar-refractivity contribution is 6.10. The molecule has 36 heavy (non-hydrogen) atoms. The molecule has 188 valence electrons. The molecule has 0 unspecified atom stereocenters. The average Bonchev–Trinajstić information content (AvgIpc) is 3.53. The summed E-state index contributed by atoms with van der Waals surface area (Å²) in [5.41, 5.74) is 3.68. The fourth-order valence-electron chi connectivity index (χ4n) is 5.64. The zero-order chi connectivity index (χ0) is 24.6. The Bertz CT molecular complexity index is 1380. The molecule has 6 rings (SSSR count). The van der Waals surface area contributed by atoms with Crippen LogP contribution in [0.4, 0.5) is 11.4 Å². The minimum Gasteiger partial charge on any atom is -0.378 e. The summed E-state index contributed by atoms with van der Waals surface area (Å²) < 4.78 is 9.35. The van der Waals surface area contributed by atoms with Gasteiger partial charge in [-0.2, -0.15) is 10.2 Å². The van der Waals surface area contributed by atoms with Crippen molar-refractivity contribution in [3.63, 3.8) is 0 Å². The molecule has 1 N–H and O–H groups in total. The lowest BCUT2D eigenvalue weighted by Gasteiger charge is -2.31. The summed E-state index contributed by atoms with van der Waals surface area (Å²) in [5, 5.41) is 13.4. The smallest absolute Gasteiger partial charge is 0.261 e. The van der Waals surface area contributed by atoms with Crippen molar-refractivity contribution in [3.8, 4) is 0 Å². The van der Waals surface area contributed by atoms with Crippen LogP contribution in [-0.4, -0.2) is 56.6 Å². The summed E-state index contributed by atoms with van der Waals surface area (Å²) in [7, 11) is 0. The summed E-state index contributed by atoms with van der Waals surface area (Å²) in [4.78, 5) is 19.9. The van der Waals surface area contributed by atoms with Crippen molar-refractivity contribution in [1.82, 2.24) is 24.4 Å². The van der Waals surface area contributed by atoms with Gasteiger partial charge in [0.2, 0.25) is 0 Å². The quantitative estimate of drug-likeness (QED) is 0.444. The molecular weight excluding hydrogens is 454 g/mol. The molecule has 2 fully saturated rings. The third-order valence-corrected chi connectivity index (χ3v) is 7.82. The third kappa shape index (κ3) is 4.32. The number of fused-ring (bicyclic) bond motifs is 2. The predicted octanol–water partition coefficient (Wildman–Crippen LogP) is 4.56. The van der Waals surface area contributed by atoms with Gasteiger partial charge in [0.15, 0.2) is 5.65 Å². The lowest BCUT2D eigenvalue weighted by Crippen LogP contribution is -2.36. The lowest BCUT2D eigenvalue weighted by molar-refractivity contribution is 0.102. The van der Waals surface area contributed by atoms with Gasteiger partial charge in [-0.15, -0.1) is 0 Å². The number of aromatic nitrogens is 5. The second-order valence-corrected chi connectivity index (χ2v) is 10.3. The van der Waals surface area contributed by atoms with E-state index in [0.717, 1.165) is 47.2 Å². The van der Waals surface area contributed by atoms with Gasteiger partial charge in [-0.1, -0.05) is 13.8 Å². The number of morpholine rings is 1. The van der Waals surface area contributed by atoms with Gasteiger partial charge in [-0.05, 0) is 55.7 Å². The van der Waals surface area contributed by atoms with Gasteiger partial charge in [-0.25, -0.2) is 9.50 Å². The molecule has 3 aromatic heterocycles. The van der Waals surface area contributed by atoms with Gasteiger partial charge in [-0.3, -0.25) is 9.48 Å². The van der Waals surface area contributed by atoms with Crippen LogP contribution in [-0.2, 0) is 4.74 Å². The van der Waals surface area contributed by atoms with Crippen LogP contribution in [0.1, 0.15) is 55.9 Å². The Kier molecular flexibility index (Phi) is 6.08. The van der Waals surface area contributed by atoms with Crippen LogP contribution >= 0.6 is 0 Å². The number of ether oxygens (including phenoxy) is 1. The maximum Gasteiger partial charge on any atom is 0.261 e. The monoisotopic (exact) mass is 487 g/mol. The van der Waals surface area contributed by atoms with Crippen LogP contribution in [0.2, 0.25) is 0 Å². The van der Waals surface area contributed by atoms with Crippen molar-refractivity contribution in [1.29, 1.82) is 0 Å². The topological polar surface area (TPSA) is 89.6 Å². The lowest BCUT2D eigenvalue weighted by atomic mass is 9.80. The van der Waals surface area contributed by atoms with E-state index in [2.05, 4.69) is 57.2 Å². The fraction of sp³-hybridized carbons (Fsp3) is 0.481. The average molecular weight is 488 g/mol. The number of carbonyl (C=O) groups excluding carboxylic acids is 1. The number of benzene rings is 1. The number of nitrogens with one attached hydrogen (secondary N) is 1. The Labute approximate surface area is 210 Å². The van der Waals surface area contributed by atoms with Crippen LogP contribution in [0.5, 0.6) is 0 Å². The molecule has 1 saturated heterocycles. The molecule has 1 aromatic carbocycles. The van der Waals surface area contributed by atoms with E-state index in [4.69, 9.17) is 9.84 Å². The van der Waals surface area contributed by atoms with Gasteiger partial charge in [0.1, 0.15) is 5.56 Å². The molecule has 1 aliphatic heterocycles. The first kappa shape index (κ1) is 23.0. The normalized spacial score (nSPS) is 20.9. The van der Waals surface area contributed by atoms with Crippen molar-refractivity contribution >= 4 is 33.8 Å². The van der Waals surface area contributed by atoms with E-state index >= 15 is 0 Å². The Morgan fingerprint density at radius 3 is 2.72 bits per heavy atom. The number of hydrogen-bond donors (Lipinski definition) is 1. The summed E-state index contributed by atoms with van der Waals surface area (Å²) >= 11 is 0. The number of nitrogens with zero attached hydrogens (tertiary/aromatic N) is 6. The molecule has 9 nitrogen and oxygen atoms in total. The van der Waals surface area contributed by atoms with E-state index in [-0.39, 0.29) is 5.91 Å². The van der Waals surface area contributed by atoms with Crippen LogP contribution in [0, 0.1) is 11.8 Å². The fourth-order valence-corrected chi connectivity index (χ4v) is 5.64. The number of hydrogen-bond acceptors (Lipinski definition) is 6. The molecule has 0 atom stereocenters. The van der Waals surface area contributed by atoms with E-state index in [1.54, 1.807) is 29.2 Å². The van der Waals surface area contributed by atoms with Crippen molar-refractivity contribution in [2.75, 3.05) is 36.5 Å². The van der Waals surface area contributed by atoms with E-state index in [0.29, 0.717) is 30.5 Å². The van der Waals surface area contributed by atoms with Crippen molar-refractivity contribution in [2.45, 2.75) is 45.6 Å². The van der Waals surface area contributed by atoms with Crippen LogP contribution < -0.4 is 10.2 Å². The predicted molar refractivity (Wildman–Crippen MR) is 140 cm³/mol. The molecule has 4 aromatic rings. The summed E-state index contributed by atoms with van der Waals surface area (Å²) in [6, 6.07) is 6.39. The molecule has 1 saturated carbocycles. The van der Waals surface area contributed by atoms with Crippen LogP contribution in [0.15, 0.2) is 43.0 Å². The molecule has 0 radical (unpaired) electrons. The maximum atomic E-state index is 13.3. The van der Waals surface area contributed by atoms with Gasteiger partial charge < -0.3 is 15.0 Å². The molecule has 1 aliphatic carbocycles. The Morgan fingerprint density at radius 1 is 1.14 bits per heavy atom. The maximum absolute atomic E-state index is 13.3. The van der Waals surface area contributed by atoms with E-state index in [9.17, 15) is 4.79 Å². The number of anilines is 2. The molecule has 2 aliphatic rings. The SMILES string of the molecule is CC(C)C1CCC(n2cc3cc(NC(=O)c4cnn5cccnc45)c(N4CCOCC4)cc3n2)CC1. The third-order valence-electron chi connectivity index (χ3n) is 7.82. The van der Waals surface area contributed by atoms with Crippen LogP contribution in [0.25, 0.3) is 16.6 Å². The minimum atomic E-state index is -0.225. The number of rotatable bonds is 5. The zero-order valence-electron chi connectivity index (χ0n) is 20.9. The van der Waals surface area contributed by atoms with Crippen molar-refractivity contribution < 1.29 is 9.53 Å². The molecule has 4 heterocycles. The first-order valence-corrected chi connectivity index (χ1v) is 13.0. The summed E-state index contributed by atoms with van der Waals surface area (Å²) in [6.07, 6.45) is 12.0. The summed E-state index contributed by atoms with van der Waals surface area (Å²) in [6.45, 7) is 7.53. The largest absolute Gasteiger partial charge is 0.378 e. The Balaban J connectivity index is 1.32. The van der Waals surface area contributed by atoms with Crippen molar-refractivity contribution in [3.05, 3.63) is 48.5 Å². The number of amides is 1. The zero-order valence-corrected chi connectivity index (χ0v) is 20.9. The van der Waals surface area contributed by atoms with Gasteiger partial charge in [0, 0.05) is 37.1 Å². The van der Waals surface area contributed by atoms with Gasteiger partial charge >= 0.3 is 0 Å². The second kappa shape index (κ2) is 9.54. The Hall–Kier alpha value is -3.46. The second-order valence-electron chi connectivity index (χ2n) is 10.3. The standard InChI is InChI=1S/C27H33N7O2/c1-18(2)19-4-6-21(7-5-19)34-17-20-14-24(25(15-23(20)31-34)32-10-12-36-13-11-32)30-27(35)22-16-29-33-9-3-8-28-26(22)33/h3,8-9,14-19,21H,4-7,10-13H2,1-2H3,(H,30,35). The highest BCUT2D eigenvalue weighted by Gasteiger charge is 2.26.